The minimum atomic E-state index is 0. The van der Waals surface area contributed by atoms with E-state index in [0.717, 1.165) is 56.6 Å². The third kappa shape index (κ3) is 8.58. The Morgan fingerprint density at radius 1 is 1.17 bits per heavy atom. The van der Waals surface area contributed by atoms with Crippen molar-refractivity contribution >= 4 is 52.9 Å². The van der Waals surface area contributed by atoms with E-state index in [2.05, 4.69) is 37.3 Å². The number of morpholine rings is 1. The average Bonchev–Trinajstić information content (AvgIpc) is 3.27. The number of carbonyl (C=O) groups excluding carboxylic acids is 1. The number of thiophene rings is 1. The van der Waals surface area contributed by atoms with Crippen LogP contribution < -0.4 is 16.0 Å². The van der Waals surface area contributed by atoms with Crippen LogP contribution >= 0.6 is 35.3 Å². The highest BCUT2D eigenvalue weighted by molar-refractivity contribution is 14.0. The van der Waals surface area contributed by atoms with Crippen LogP contribution in [0.2, 0.25) is 0 Å². The summed E-state index contributed by atoms with van der Waals surface area (Å²) in [5, 5.41) is 11.7. The molecule has 0 aliphatic carbocycles. The molecule has 0 unspecified atom stereocenters. The predicted octanol–water partition coefficient (Wildman–Crippen LogP) is 2.89. The summed E-state index contributed by atoms with van der Waals surface area (Å²) in [6, 6.07) is 12.0. The molecule has 30 heavy (non-hydrogen) atoms. The number of rotatable bonds is 8. The number of nitrogens with zero attached hydrogens (tertiary/aromatic N) is 2. The lowest BCUT2D eigenvalue weighted by Crippen LogP contribution is -2.38. The lowest BCUT2D eigenvalue weighted by molar-refractivity contribution is -0.116. The second-order valence-electron chi connectivity index (χ2n) is 6.81. The fraction of sp³-hybridized carbons (Fsp3) is 0.429. The normalized spacial score (nSPS) is 14.6. The Morgan fingerprint density at radius 3 is 2.70 bits per heavy atom. The van der Waals surface area contributed by atoms with E-state index < -0.39 is 0 Å². The lowest BCUT2D eigenvalue weighted by Gasteiger charge is -2.26. The van der Waals surface area contributed by atoms with E-state index in [-0.39, 0.29) is 29.9 Å². The highest BCUT2D eigenvalue weighted by atomic mass is 127. The smallest absolute Gasteiger partial charge is 0.225 e. The Morgan fingerprint density at radius 2 is 1.97 bits per heavy atom. The summed E-state index contributed by atoms with van der Waals surface area (Å²) in [7, 11) is 1.76. The van der Waals surface area contributed by atoms with Crippen LogP contribution in [-0.2, 0) is 22.6 Å². The highest BCUT2D eigenvalue weighted by Crippen LogP contribution is 2.11. The quantitative estimate of drug-likeness (QED) is 0.271. The molecule has 0 saturated carbocycles. The van der Waals surface area contributed by atoms with Crippen LogP contribution in [0.15, 0.2) is 46.8 Å². The van der Waals surface area contributed by atoms with Gasteiger partial charge >= 0.3 is 0 Å². The molecule has 3 rings (SSSR count). The van der Waals surface area contributed by atoms with Gasteiger partial charge in [0.15, 0.2) is 5.96 Å². The summed E-state index contributed by atoms with van der Waals surface area (Å²) >= 11 is 1.72. The summed E-state index contributed by atoms with van der Waals surface area (Å²) in [5.41, 5.74) is 1.90. The van der Waals surface area contributed by atoms with Crippen molar-refractivity contribution in [2.75, 3.05) is 45.2 Å². The summed E-state index contributed by atoms with van der Waals surface area (Å²) in [5.74, 6) is 0.786. The highest BCUT2D eigenvalue weighted by Gasteiger charge is 2.12. The lowest BCUT2D eigenvalue weighted by atomic mass is 10.2. The van der Waals surface area contributed by atoms with Gasteiger partial charge in [0.2, 0.25) is 5.91 Å². The van der Waals surface area contributed by atoms with Crippen LogP contribution in [0.25, 0.3) is 0 Å². The van der Waals surface area contributed by atoms with Crippen molar-refractivity contribution in [1.82, 2.24) is 15.5 Å². The Bertz CT molecular complexity index is 794. The van der Waals surface area contributed by atoms with E-state index in [1.54, 1.807) is 18.4 Å². The minimum absolute atomic E-state index is 0. The zero-order chi connectivity index (χ0) is 20.3. The molecule has 1 aromatic heterocycles. The topological polar surface area (TPSA) is 78.0 Å². The monoisotopic (exact) mass is 543 g/mol. The first kappa shape index (κ1) is 24.6. The van der Waals surface area contributed by atoms with Gasteiger partial charge in [-0.25, -0.2) is 0 Å². The Kier molecular flexibility index (Phi) is 11.1. The molecule has 0 spiro atoms. The van der Waals surface area contributed by atoms with Crippen molar-refractivity contribution in [3.8, 4) is 0 Å². The summed E-state index contributed by atoms with van der Waals surface area (Å²) < 4.78 is 5.34. The van der Waals surface area contributed by atoms with Crippen LogP contribution in [0.5, 0.6) is 0 Å². The van der Waals surface area contributed by atoms with Gasteiger partial charge in [0.25, 0.3) is 0 Å². The Hall–Kier alpha value is -1.69. The second-order valence-corrected chi connectivity index (χ2v) is 7.84. The summed E-state index contributed by atoms with van der Waals surface area (Å²) in [6.07, 6.45) is 0.488. The van der Waals surface area contributed by atoms with Crippen molar-refractivity contribution < 1.29 is 9.53 Å². The van der Waals surface area contributed by atoms with E-state index in [1.165, 1.54) is 4.88 Å². The zero-order valence-corrected chi connectivity index (χ0v) is 20.4. The first-order valence-electron chi connectivity index (χ1n) is 9.89. The SMILES string of the molecule is CN=C(NCc1cccc(NC(=O)CCN2CCOCC2)c1)NCc1cccs1.I. The van der Waals surface area contributed by atoms with Crippen molar-refractivity contribution in [3.05, 3.63) is 52.2 Å². The maximum Gasteiger partial charge on any atom is 0.225 e. The van der Waals surface area contributed by atoms with Crippen LogP contribution in [-0.4, -0.2) is 56.7 Å². The number of amides is 1. The van der Waals surface area contributed by atoms with Crippen molar-refractivity contribution in [2.24, 2.45) is 4.99 Å². The first-order valence-corrected chi connectivity index (χ1v) is 10.8. The molecule has 1 aliphatic rings. The van der Waals surface area contributed by atoms with E-state index in [9.17, 15) is 4.79 Å². The molecule has 2 heterocycles. The minimum Gasteiger partial charge on any atom is -0.379 e. The zero-order valence-electron chi connectivity index (χ0n) is 17.2. The van der Waals surface area contributed by atoms with Gasteiger partial charge in [-0.1, -0.05) is 18.2 Å². The molecule has 1 amide bonds. The molecule has 9 heteroatoms. The second kappa shape index (κ2) is 13.6. The number of aliphatic imine (C=N–C) groups is 1. The maximum absolute atomic E-state index is 12.3. The fourth-order valence-corrected chi connectivity index (χ4v) is 3.70. The fourth-order valence-electron chi connectivity index (χ4n) is 3.06. The Labute approximate surface area is 199 Å². The molecule has 164 valence electrons. The maximum atomic E-state index is 12.3. The van der Waals surface area contributed by atoms with Crippen molar-refractivity contribution in [3.63, 3.8) is 0 Å². The van der Waals surface area contributed by atoms with Gasteiger partial charge in [-0.15, -0.1) is 35.3 Å². The van der Waals surface area contributed by atoms with Gasteiger partial charge in [0.05, 0.1) is 19.8 Å². The largest absolute Gasteiger partial charge is 0.379 e. The van der Waals surface area contributed by atoms with Gasteiger partial charge < -0.3 is 20.7 Å². The van der Waals surface area contributed by atoms with Gasteiger partial charge in [-0.05, 0) is 29.1 Å². The third-order valence-corrected chi connectivity index (χ3v) is 5.54. The van der Waals surface area contributed by atoms with E-state index >= 15 is 0 Å². The van der Waals surface area contributed by atoms with Gasteiger partial charge in [0.1, 0.15) is 0 Å². The molecule has 3 N–H and O–H groups in total. The number of guanidine groups is 1. The number of carbonyl (C=O) groups is 1. The molecule has 0 atom stereocenters. The van der Waals surface area contributed by atoms with Crippen molar-refractivity contribution in [1.29, 1.82) is 0 Å². The third-order valence-electron chi connectivity index (χ3n) is 4.66. The number of halogens is 1. The molecule has 0 radical (unpaired) electrons. The van der Waals surface area contributed by atoms with Crippen LogP contribution in [0.1, 0.15) is 16.9 Å². The van der Waals surface area contributed by atoms with Gasteiger partial charge in [-0.3, -0.25) is 14.7 Å². The molecule has 1 aliphatic heterocycles. The molecule has 1 aromatic carbocycles. The molecule has 7 nitrogen and oxygen atoms in total. The summed E-state index contributed by atoms with van der Waals surface area (Å²) in [4.78, 5) is 20.0. The number of ether oxygens (including phenoxy) is 1. The number of hydrogen-bond donors (Lipinski definition) is 3. The number of hydrogen-bond acceptors (Lipinski definition) is 5. The Balaban J connectivity index is 0.00000320. The molecule has 1 saturated heterocycles. The van der Waals surface area contributed by atoms with E-state index in [1.807, 2.05) is 30.3 Å². The molecular formula is C21H30IN5O2S. The van der Waals surface area contributed by atoms with Gasteiger partial charge in [0, 0.05) is 50.2 Å². The number of benzene rings is 1. The molecular weight excluding hydrogens is 513 g/mol. The number of anilines is 1. The van der Waals surface area contributed by atoms with E-state index in [0.29, 0.717) is 13.0 Å². The standard InChI is InChI=1S/C21H29N5O2S.HI/c1-22-21(24-16-19-6-3-13-29-19)23-15-17-4-2-5-18(14-17)25-20(27)7-8-26-9-11-28-12-10-26;/h2-6,13-14H,7-12,15-16H2,1H3,(H,25,27)(H2,22,23,24);1H. The van der Waals surface area contributed by atoms with E-state index in [4.69, 9.17) is 4.74 Å². The average molecular weight is 543 g/mol. The van der Waals surface area contributed by atoms with Crippen LogP contribution in [0.4, 0.5) is 5.69 Å². The summed E-state index contributed by atoms with van der Waals surface area (Å²) in [6.45, 7) is 5.44. The van der Waals surface area contributed by atoms with Gasteiger partial charge in [-0.2, -0.15) is 0 Å². The van der Waals surface area contributed by atoms with Crippen LogP contribution in [0.3, 0.4) is 0 Å². The molecule has 2 aromatic rings. The molecule has 1 fully saturated rings. The van der Waals surface area contributed by atoms with Crippen molar-refractivity contribution in [2.45, 2.75) is 19.5 Å². The molecule has 0 bridgehead atoms. The van der Waals surface area contributed by atoms with Crippen LogP contribution in [0, 0.1) is 0 Å². The first-order chi connectivity index (χ1) is 14.2. The number of nitrogens with one attached hydrogen (secondary N) is 3. The predicted molar refractivity (Wildman–Crippen MR) is 134 cm³/mol.